The Labute approximate surface area is 169 Å². The van der Waals surface area contributed by atoms with Gasteiger partial charge in [0.1, 0.15) is 29.9 Å². The Morgan fingerprint density at radius 1 is 1.28 bits per heavy atom. The zero-order chi connectivity index (χ0) is 20.2. The number of methoxy groups -OCH3 is 1. The molecule has 1 aliphatic heterocycles. The Morgan fingerprint density at radius 3 is 2.93 bits per heavy atom. The zero-order valence-electron chi connectivity index (χ0n) is 16.5. The smallest absolute Gasteiger partial charge is 0.272 e. The van der Waals surface area contributed by atoms with Gasteiger partial charge in [-0.2, -0.15) is 0 Å². The number of hydrogen-bond donors (Lipinski definition) is 0. The molecule has 4 rings (SSSR count). The molecular formula is C22H23N3O4. The first-order valence-corrected chi connectivity index (χ1v) is 9.54. The van der Waals surface area contributed by atoms with Gasteiger partial charge in [-0.05, 0) is 31.2 Å². The second-order valence-corrected chi connectivity index (χ2v) is 6.92. The van der Waals surface area contributed by atoms with Crippen molar-refractivity contribution in [2.24, 2.45) is 0 Å². The van der Waals surface area contributed by atoms with Crippen LogP contribution in [0.4, 0.5) is 0 Å². The fourth-order valence-electron chi connectivity index (χ4n) is 3.32. The van der Waals surface area contributed by atoms with Gasteiger partial charge >= 0.3 is 0 Å². The van der Waals surface area contributed by atoms with Gasteiger partial charge in [0.25, 0.3) is 5.91 Å². The van der Waals surface area contributed by atoms with E-state index in [4.69, 9.17) is 14.2 Å². The van der Waals surface area contributed by atoms with Crippen LogP contribution in [0, 0.1) is 6.92 Å². The molecule has 0 aliphatic carbocycles. The summed E-state index contributed by atoms with van der Waals surface area (Å²) in [5.74, 6) is 1.18. The Morgan fingerprint density at radius 2 is 2.14 bits per heavy atom. The number of carbonyl (C=O) groups excluding carboxylic acids is 1. The lowest BCUT2D eigenvalue weighted by Gasteiger charge is -2.32. The number of para-hydroxylation sites is 1. The van der Waals surface area contributed by atoms with Crippen molar-refractivity contribution < 1.29 is 19.0 Å². The van der Waals surface area contributed by atoms with Crippen LogP contribution in [0.3, 0.4) is 0 Å². The van der Waals surface area contributed by atoms with E-state index < -0.39 is 0 Å². The average molecular weight is 393 g/mol. The minimum Gasteiger partial charge on any atom is -0.496 e. The highest BCUT2D eigenvalue weighted by atomic mass is 16.5. The van der Waals surface area contributed by atoms with E-state index in [2.05, 4.69) is 9.97 Å². The van der Waals surface area contributed by atoms with E-state index in [0.29, 0.717) is 43.5 Å². The normalized spacial score (nSPS) is 16.6. The van der Waals surface area contributed by atoms with E-state index in [1.165, 1.54) is 0 Å². The largest absolute Gasteiger partial charge is 0.496 e. The zero-order valence-corrected chi connectivity index (χ0v) is 16.5. The van der Waals surface area contributed by atoms with Crippen LogP contribution in [0.15, 0.2) is 48.7 Å². The van der Waals surface area contributed by atoms with Crippen LogP contribution in [0.5, 0.6) is 11.5 Å². The Hall–Kier alpha value is -3.19. The van der Waals surface area contributed by atoms with Crippen LogP contribution in [0.25, 0.3) is 10.9 Å². The van der Waals surface area contributed by atoms with E-state index in [9.17, 15) is 4.79 Å². The van der Waals surface area contributed by atoms with Crippen molar-refractivity contribution in [1.82, 2.24) is 14.9 Å². The molecule has 3 heterocycles. The first-order chi connectivity index (χ1) is 14.1. The molecule has 1 aliphatic rings. The van der Waals surface area contributed by atoms with Crippen molar-refractivity contribution in [2.75, 3.05) is 33.4 Å². The van der Waals surface area contributed by atoms with E-state index in [0.717, 1.165) is 16.6 Å². The summed E-state index contributed by atoms with van der Waals surface area (Å²) < 4.78 is 17.0. The van der Waals surface area contributed by atoms with Crippen molar-refractivity contribution in [3.8, 4) is 11.5 Å². The number of morpholine rings is 1. The first kappa shape index (κ1) is 19.1. The van der Waals surface area contributed by atoms with Gasteiger partial charge in [0, 0.05) is 23.7 Å². The molecule has 2 aromatic heterocycles. The van der Waals surface area contributed by atoms with Crippen molar-refractivity contribution in [3.05, 3.63) is 60.0 Å². The fraction of sp³-hybridized carbons (Fsp3) is 0.318. The summed E-state index contributed by atoms with van der Waals surface area (Å²) in [5.41, 5.74) is 2.03. The van der Waals surface area contributed by atoms with Gasteiger partial charge in [-0.15, -0.1) is 0 Å². The molecule has 7 nitrogen and oxygen atoms in total. The molecule has 0 N–H and O–H groups in total. The first-order valence-electron chi connectivity index (χ1n) is 9.54. The van der Waals surface area contributed by atoms with Crippen LogP contribution < -0.4 is 9.47 Å². The SMILES string of the molecule is COc1cc(C(=O)N2CCOC(COc3ccc(C)nc3)C2)nc2ccccc12. The third-order valence-corrected chi connectivity index (χ3v) is 4.86. The molecule has 0 radical (unpaired) electrons. The number of carbonyl (C=O) groups is 1. The minimum atomic E-state index is -0.212. The molecule has 0 saturated carbocycles. The van der Waals surface area contributed by atoms with Crippen LogP contribution in [0.1, 0.15) is 16.2 Å². The maximum Gasteiger partial charge on any atom is 0.272 e. The molecule has 1 amide bonds. The minimum absolute atomic E-state index is 0.139. The quantitative estimate of drug-likeness (QED) is 0.664. The molecule has 7 heteroatoms. The van der Waals surface area contributed by atoms with Crippen molar-refractivity contribution in [3.63, 3.8) is 0 Å². The summed E-state index contributed by atoms with van der Waals surface area (Å²) in [6.07, 6.45) is 1.48. The summed E-state index contributed by atoms with van der Waals surface area (Å²) in [6.45, 7) is 3.68. The topological polar surface area (TPSA) is 73.8 Å². The second kappa shape index (κ2) is 8.45. The van der Waals surface area contributed by atoms with Crippen molar-refractivity contribution >= 4 is 16.8 Å². The van der Waals surface area contributed by atoms with Gasteiger partial charge in [-0.3, -0.25) is 9.78 Å². The number of pyridine rings is 2. The number of amides is 1. The summed E-state index contributed by atoms with van der Waals surface area (Å²) in [4.78, 5) is 23.6. The molecule has 0 bridgehead atoms. The van der Waals surface area contributed by atoms with E-state index >= 15 is 0 Å². The van der Waals surface area contributed by atoms with Crippen LogP contribution in [-0.4, -0.2) is 60.3 Å². The number of ether oxygens (including phenoxy) is 3. The molecule has 1 unspecified atom stereocenters. The predicted molar refractivity (Wildman–Crippen MR) is 108 cm³/mol. The van der Waals surface area contributed by atoms with Gasteiger partial charge < -0.3 is 19.1 Å². The number of fused-ring (bicyclic) bond motifs is 1. The molecule has 3 aromatic rings. The van der Waals surface area contributed by atoms with Gasteiger partial charge in [0.05, 0.1) is 32.0 Å². The summed E-state index contributed by atoms with van der Waals surface area (Å²) >= 11 is 0. The van der Waals surface area contributed by atoms with Gasteiger partial charge in [-0.1, -0.05) is 12.1 Å². The highest BCUT2D eigenvalue weighted by Crippen LogP contribution is 2.26. The molecular weight excluding hydrogens is 370 g/mol. The van der Waals surface area contributed by atoms with Crippen LogP contribution in [-0.2, 0) is 4.74 Å². The van der Waals surface area contributed by atoms with Crippen molar-refractivity contribution in [1.29, 1.82) is 0 Å². The summed E-state index contributed by atoms with van der Waals surface area (Å²) in [5, 5.41) is 0.881. The van der Waals surface area contributed by atoms with Gasteiger partial charge in [0.15, 0.2) is 0 Å². The highest BCUT2D eigenvalue weighted by Gasteiger charge is 2.27. The third kappa shape index (κ3) is 4.30. The van der Waals surface area contributed by atoms with E-state index in [1.807, 2.05) is 43.3 Å². The number of aryl methyl sites for hydroxylation is 1. The lowest BCUT2D eigenvalue weighted by molar-refractivity contribution is -0.0403. The fourth-order valence-corrected chi connectivity index (χ4v) is 3.32. The average Bonchev–Trinajstić information content (AvgIpc) is 2.77. The van der Waals surface area contributed by atoms with E-state index in [-0.39, 0.29) is 12.0 Å². The second-order valence-electron chi connectivity index (χ2n) is 6.92. The van der Waals surface area contributed by atoms with E-state index in [1.54, 1.807) is 24.3 Å². The van der Waals surface area contributed by atoms with Gasteiger partial charge in [-0.25, -0.2) is 4.98 Å². The summed E-state index contributed by atoms with van der Waals surface area (Å²) in [6, 6.07) is 13.1. The predicted octanol–water partition coefficient (Wildman–Crippen LogP) is 2.87. The molecule has 1 aromatic carbocycles. The molecule has 1 fully saturated rings. The number of hydrogen-bond acceptors (Lipinski definition) is 6. The monoisotopic (exact) mass is 393 g/mol. The van der Waals surface area contributed by atoms with Crippen LogP contribution >= 0.6 is 0 Å². The molecule has 1 atom stereocenters. The molecule has 29 heavy (non-hydrogen) atoms. The maximum absolute atomic E-state index is 13.1. The highest BCUT2D eigenvalue weighted by molar-refractivity contribution is 5.97. The number of nitrogens with zero attached hydrogens (tertiary/aromatic N) is 3. The summed E-state index contributed by atoms with van der Waals surface area (Å²) in [7, 11) is 1.60. The molecule has 1 saturated heterocycles. The standard InChI is InChI=1S/C22H23N3O4/c1-15-7-8-16(12-23-15)29-14-17-13-25(9-10-28-17)22(26)20-11-21(27-2)18-5-3-4-6-19(18)24-20/h3-8,11-12,17H,9-10,13-14H2,1-2H3. The Balaban J connectivity index is 1.46. The molecule has 150 valence electrons. The number of aromatic nitrogens is 2. The van der Waals surface area contributed by atoms with Gasteiger partial charge in [0.2, 0.25) is 0 Å². The van der Waals surface area contributed by atoms with Crippen LogP contribution in [0.2, 0.25) is 0 Å². The third-order valence-electron chi connectivity index (χ3n) is 4.86. The Bertz CT molecular complexity index is 1010. The number of rotatable bonds is 5. The molecule has 0 spiro atoms. The lowest BCUT2D eigenvalue weighted by atomic mass is 10.1. The lowest BCUT2D eigenvalue weighted by Crippen LogP contribution is -2.47. The Kier molecular flexibility index (Phi) is 5.57. The number of benzene rings is 1. The van der Waals surface area contributed by atoms with Crippen molar-refractivity contribution in [2.45, 2.75) is 13.0 Å². The maximum atomic E-state index is 13.1.